The zero-order chi connectivity index (χ0) is 17.8. The van der Waals surface area contributed by atoms with Gasteiger partial charge in [-0.3, -0.25) is 9.78 Å². The highest BCUT2D eigenvalue weighted by atomic mass is 16.2. The fraction of sp³-hybridized carbons (Fsp3) is 0.278. The number of tetrazole rings is 1. The largest absolute Gasteiger partial charge is 0.368 e. The van der Waals surface area contributed by atoms with E-state index < -0.39 is 0 Å². The lowest BCUT2D eigenvalue weighted by Gasteiger charge is -2.35. The fourth-order valence-corrected chi connectivity index (χ4v) is 3.00. The number of hydrogen-bond acceptors (Lipinski definition) is 6. The van der Waals surface area contributed by atoms with Gasteiger partial charge < -0.3 is 9.80 Å². The average Bonchev–Trinajstić information content (AvgIpc) is 3.18. The molecule has 0 saturated carbocycles. The maximum Gasteiger partial charge on any atom is 0.246 e. The molecule has 8 heteroatoms. The summed E-state index contributed by atoms with van der Waals surface area (Å²) in [5.74, 6) is 0.539. The molecular weight excluding hydrogens is 330 g/mol. The average molecular weight is 349 g/mol. The van der Waals surface area contributed by atoms with Crippen molar-refractivity contribution in [1.29, 1.82) is 0 Å². The van der Waals surface area contributed by atoms with Gasteiger partial charge in [-0.15, -0.1) is 10.2 Å². The third kappa shape index (κ3) is 3.53. The van der Waals surface area contributed by atoms with E-state index in [0.29, 0.717) is 18.9 Å². The zero-order valence-corrected chi connectivity index (χ0v) is 14.3. The van der Waals surface area contributed by atoms with E-state index in [9.17, 15) is 4.79 Å². The van der Waals surface area contributed by atoms with Crippen molar-refractivity contribution in [1.82, 2.24) is 30.1 Å². The number of hydrogen-bond donors (Lipinski definition) is 0. The second kappa shape index (κ2) is 7.30. The van der Waals surface area contributed by atoms with Crippen LogP contribution in [0, 0.1) is 0 Å². The number of carbonyl (C=O) groups excluding carboxylic acids is 1. The Balaban J connectivity index is 1.34. The van der Waals surface area contributed by atoms with Crippen molar-refractivity contribution in [3.63, 3.8) is 0 Å². The fourth-order valence-electron chi connectivity index (χ4n) is 3.00. The van der Waals surface area contributed by atoms with E-state index in [0.717, 1.165) is 24.3 Å². The van der Waals surface area contributed by atoms with Crippen molar-refractivity contribution in [3.8, 4) is 11.4 Å². The summed E-state index contributed by atoms with van der Waals surface area (Å²) >= 11 is 0. The second-order valence-corrected chi connectivity index (χ2v) is 6.08. The van der Waals surface area contributed by atoms with Crippen LogP contribution in [-0.4, -0.2) is 62.2 Å². The first kappa shape index (κ1) is 16.2. The van der Waals surface area contributed by atoms with Gasteiger partial charge >= 0.3 is 0 Å². The van der Waals surface area contributed by atoms with Gasteiger partial charge in [-0.05, 0) is 17.3 Å². The van der Waals surface area contributed by atoms with Gasteiger partial charge in [0.05, 0.1) is 0 Å². The Kier molecular flexibility index (Phi) is 4.55. The molecule has 3 heterocycles. The summed E-state index contributed by atoms with van der Waals surface area (Å²) in [5.41, 5.74) is 2.02. The SMILES string of the molecule is O=C(Cn1nnc(-c2ccccc2)n1)N1CCN(c2ccncc2)CC1. The molecule has 1 aliphatic rings. The molecule has 0 unspecified atom stereocenters. The van der Waals surface area contributed by atoms with E-state index in [1.807, 2.05) is 47.4 Å². The summed E-state index contributed by atoms with van der Waals surface area (Å²) < 4.78 is 0. The lowest BCUT2D eigenvalue weighted by Crippen LogP contribution is -2.49. The lowest BCUT2D eigenvalue weighted by molar-refractivity contribution is -0.132. The van der Waals surface area contributed by atoms with Crippen molar-refractivity contribution < 1.29 is 4.79 Å². The highest BCUT2D eigenvalue weighted by Crippen LogP contribution is 2.15. The molecule has 4 rings (SSSR count). The summed E-state index contributed by atoms with van der Waals surface area (Å²) in [4.78, 5) is 22.0. The summed E-state index contributed by atoms with van der Waals surface area (Å²) in [6.45, 7) is 3.07. The van der Waals surface area contributed by atoms with Gasteiger partial charge in [0.2, 0.25) is 11.7 Å². The first-order valence-corrected chi connectivity index (χ1v) is 8.55. The van der Waals surface area contributed by atoms with Crippen LogP contribution in [-0.2, 0) is 11.3 Å². The first-order chi connectivity index (χ1) is 12.8. The van der Waals surface area contributed by atoms with E-state index in [2.05, 4.69) is 25.3 Å². The van der Waals surface area contributed by atoms with Gasteiger partial charge in [-0.2, -0.15) is 4.80 Å². The Hall–Kier alpha value is -3.29. The molecule has 0 bridgehead atoms. The Labute approximate surface area is 151 Å². The molecule has 0 spiro atoms. The van der Waals surface area contributed by atoms with Crippen LogP contribution in [0.4, 0.5) is 5.69 Å². The number of pyridine rings is 1. The summed E-state index contributed by atoms with van der Waals surface area (Å²) in [5, 5.41) is 12.3. The molecule has 1 fully saturated rings. The van der Waals surface area contributed by atoms with Crippen LogP contribution in [0.3, 0.4) is 0 Å². The zero-order valence-electron chi connectivity index (χ0n) is 14.3. The number of amides is 1. The molecule has 1 aromatic carbocycles. The van der Waals surface area contributed by atoms with Crippen LogP contribution in [0.15, 0.2) is 54.9 Å². The molecular formula is C18H19N7O. The number of benzene rings is 1. The molecule has 1 saturated heterocycles. The Morgan fingerprint density at radius 1 is 0.962 bits per heavy atom. The van der Waals surface area contributed by atoms with Crippen LogP contribution in [0.2, 0.25) is 0 Å². The number of nitrogens with zero attached hydrogens (tertiary/aromatic N) is 7. The van der Waals surface area contributed by atoms with E-state index in [-0.39, 0.29) is 12.5 Å². The monoisotopic (exact) mass is 349 g/mol. The summed E-state index contributed by atoms with van der Waals surface area (Å²) in [6, 6.07) is 13.6. The number of aromatic nitrogens is 5. The van der Waals surface area contributed by atoms with Crippen LogP contribution in [0.25, 0.3) is 11.4 Å². The maximum atomic E-state index is 12.5. The summed E-state index contributed by atoms with van der Waals surface area (Å²) in [7, 11) is 0. The van der Waals surface area contributed by atoms with Gasteiger partial charge in [0.1, 0.15) is 6.54 Å². The molecule has 1 aliphatic heterocycles. The molecule has 0 aliphatic carbocycles. The van der Waals surface area contributed by atoms with E-state index in [4.69, 9.17) is 0 Å². The number of rotatable bonds is 4. The van der Waals surface area contributed by atoms with Crippen molar-refractivity contribution >= 4 is 11.6 Å². The molecule has 1 amide bonds. The van der Waals surface area contributed by atoms with Gasteiger partial charge in [-0.25, -0.2) is 0 Å². The maximum absolute atomic E-state index is 12.5. The summed E-state index contributed by atoms with van der Waals surface area (Å²) in [6.07, 6.45) is 3.57. The minimum atomic E-state index is 0.0105. The molecule has 26 heavy (non-hydrogen) atoms. The first-order valence-electron chi connectivity index (χ1n) is 8.55. The van der Waals surface area contributed by atoms with Crippen molar-refractivity contribution in [3.05, 3.63) is 54.9 Å². The normalized spacial score (nSPS) is 14.5. The van der Waals surface area contributed by atoms with E-state index in [1.54, 1.807) is 12.4 Å². The van der Waals surface area contributed by atoms with Crippen LogP contribution < -0.4 is 4.90 Å². The second-order valence-electron chi connectivity index (χ2n) is 6.08. The smallest absolute Gasteiger partial charge is 0.246 e. The highest BCUT2D eigenvalue weighted by molar-refractivity contribution is 5.76. The highest BCUT2D eigenvalue weighted by Gasteiger charge is 2.22. The van der Waals surface area contributed by atoms with Crippen molar-refractivity contribution in [2.75, 3.05) is 31.1 Å². The van der Waals surface area contributed by atoms with E-state index >= 15 is 0 Å². The molecule has 0 N–H and O–H groups in total. The van der Waals surface area contributed by atoms with Crippen LogP contribution >= 0.6 is 0 Å². The molecule has 132 valence electrons. The van der Waals surface area contributed by atoms with Gasteiger partial charge in [0, 0.05) is 49.8 Å². The molecule has 8 nitrogen and oxygen atoms in total. The van der Waals surface area contributed by atoms with Gasteiger partial charge in [-0.1, -0.05) is 30.3 Å². The molecule has 3 aromatic rings. The minimum Gasteiger partial charge on any atom is -0.368 e. The number of anilines is 1. The van der Waals surface area contributed by atoms with Crippen LogP contribution in [0.5, 0.6) is 0 Å². The Morgan fingerprint density at radius 3 is 2.42 bits per heavy atom. The van der Waals surface area contributed by atoms with Gasteiger partial charge in [0.25, 0.3) is 0 Å². The third-order valence-electron chi connectivity index (χ3n) is 4.42. The van der Waals surface area contributed by atoms with Gasteiger partial charge in [0.15, 0.2) is 0 Å². The van der Waals surface area contributed by atoms with Crippen LogP contribution in [0.1, 0.15) is 0 Å². The number of piperazine rings is 1. The quantitative estimate of drug-likeness (QED) is 0.701. The predicted octanol–water partition coefficient (Wildman–Crippen LogP) is 1.08. The lowest BCUT2D eigenvalue weighted by atomic mass is 10.2. The third-order valence-corrected chi connectivity index (χ3v) is 4.42. The topological polar surface area (TPSA) is 80.0 Å². The van der Waals surface area contributed by atoms with E-state index in [1.165, 1.54) is 4.80 Å². The Bertz CT molecular complexity index is 858. The van der Waals surface area contributed by atoms with Crippen molar-refractivity contribution in [2.45, 2.75) is 6.54 Å². The standard InChI is InChI=1S/C18H19N7O/c26-17(14-25-21-18(20-22-25)15-4-2-1-3-5-15)24-12-10-23(11-13-24)16-6-8-19-9-7-16/h1-9H,10-14H2. The molecule has 0 radical (unpaired) electrons. The van der Waals surface area contributed by atoms with Crippen molar-refractivity contribution in [2.24, 2.45) is 0 Å². The molecule has 2 aromatic heterocycles. The predicted molar refractivity (Wildman–Crippen MR) is 96.3 cm³/mol. The Morgan fingerprint density at radius 2 is 1.69 bits per heavy atom. The molecule has 0 atom stereocenters. The minimum absolute atomic E-state index is 0.0105. The number of carbonyl (C=O) groups is 1.